The number of amides is 1. The van der Waals surface area contributed by atoms with E-state index in [-0.39, 0.29) is 18.6 Å². The molecule has 1 atom stereocenters. The highest BCUT2D eigenvalue weighted by molar-refractivity contribution is 7.10. The molecule has 1 aromatic heterocycles. The van der Waals surface area contributed by atoms with E-state index < -0.39 is 0 Å². The average molecular weight is 264 g/mol. The van der Waals surface area contributed by atoms with E-state index in [0.29, 0.717) is 0 Å². The summed E-state index contributed by atoms with van der Waals surface area (Å²) in [5.41, 5.74) is 6.30. The van der Waals surface area contributed by atoms with Gasteiger partial charge in [-0.2, -0.15) is 0 Å². The number of aliphatic hydroxyl groups excluding tert-OH is 1. The normalized spacial score (nSPS) is 19.5. The molecule has 18 heavy (non-hydrogen) atoms. The molecule has 0 unspecified atom stereocenters. The first-order chi connectivity index (χ1) is 8.70. The first kappa shape index (κ1) is 13.1. The molecule has 1 saturated heterocycles. The molecule has 3 N–H and O–H groups in total. The molecule has 0 saturated carbocycles. The van der Waals surface area contributed by atoms with Gasteiger partial charge >= 0.3 is 0 Å². The van der Waals surface area contributed by atoms with Gasteiger partial charge in [-0.05, 0) is 25.5 Å². The zero-order valence-electron chi connectivity index (χ0n) is 10.1. The average Bonchev–Trinajstić information content (AvgIpc) is 2.96. The van der Waals surface area contributed by atoms with Crippen LogP contribution < -0.4 is 5.73 Å². The van der Waals surface area contributed by atoms with Crippen LogP contribution in [0.25, 0.3) is 0 Å². The maximum absolute atomic E-state index is 11.3. The number of likely N-dealkylation sites (tertiary alicyclic amines) is 1. The van der Waals surface area contributed by atoms with Crippen LogP contribution in [0.5, 0.6) is 0 Å². The summed E-state index contributed by atoms with van der Waals surface area (Å²) in [5, 5.41) is 10.6. The monoisotopic (exact) mass is 264 g/mol. The molecule has 0 aliphatic carbocycles. The van der Waals surface area contributed by atoms with Gasteiger partial charge in [0.2, 0.25) is 5.91 Å². The Hall–Kier alpha value is -1.35. The molecule has 2 rings (SSSR count). The Morgan fingerprint density at radius 2 is 2.50 bits per heavy atom. The quantitative estimate of drug-likeness (QED) is 0.783. The van der Waals surface area contributed by atoms with E-state index in [1.165, 1.54) is 4.88 Å². The molecule has 1 aliphatic rings. The first-order valence-corrected chi connectivity index (χ1v) is 6.79. The SMILES string of the molecule is NC(=O)[C@@H]1CCCN1Cc1cc(C#CCO)cs1. The first-order valence-electron chi connectivity index (χ1n) is 5.91. The standard InChI is InChI=1S/C13H16N2O2S/c14-13(17)12-4-1-5-15(12)8-11-7-10(9-18-11)3-2-6-16/h7,9,12,16H,1,4-6,8H2,(H2,14,17)/t12-/m0/s1. The molecule has 1 aliphatic heterocycles. The molecule has 96 valence electrons. The van der Waals surface area contributed by atoms with Gasteiger partial charge in [-0.15, -0.1) is 11.3 Å². The number of nitrogens with two attached hydrogens (primary N) is 1. The minimum Gasteiger partial charge on any atom is -0.384 e. The minimum atomic E-state index is -0.232. The van der Waals surface area contributed by atoms with Crippen molar-refractivity contribution in [1.29, 1.82) is 0 Å². The van der Waals surface area contributed by atoms with Gasteiger partial charge in [-0.1, -0.05) is 11.8 Å². The zero-order valence-corrected chi connectivity index (χ0v) is 10.9. The lowest BCUT2D eigenvalue weighted by Crippen LogP contribution is -2.39. The van der Waals surface area contributed by atoms with Crippen molar-refractivity contribution in [2.24, 2.45) is 5.73 Å². The fourth-order valence-electron chi connectivity index (χ4n) is 2.21. The number of carbonyl (C=O) groups is 1. The van der Waals surface area contributed by atoms with Crippen molar-refractivity contribution in [3.63, 3.8) is 0 Å². The van der Waals surface area contributed by atoms with E-state index in [4.69, 9.17) is 10.8 Å². The molecule has 1 amide bonds. The third-order valence-corrected chi connectivity index (χ3v) is 3.94. The zero-order chi connectivity index (χ0) is 13.0. The van der Waals surface area contributed by atoms with Crippen LogP contribution in [0.1, 0.15) is 23.3 Å². The molecule has 0 aromatic carbocycles. The second kappa shape index (κ2) is 6.01. The summed E-state index contributed by atoms with van der Waals surface area (Å²) in [5.74, 6) is 5.26. The fraction of sp³-hybridized carbons (Fsp3) is 0.462. The molecule has 1 fully saturated rings. The Morgan fingerprint density at radius 1 is 1.67 bits per heavy atom. The fourth-order valence-corrected chi connectivity index (χ4v) is 3.05. The van der Waals surface area contributed by atoms with Crippen molar-refractivity contribution in [2.45, 2.75) is 25.4 Å². The van der Waals surface area contributed by atoms with E-state index >= 15 is 0 Å². The van der Waals surface area contributed by atoms with Crippen molar-refractivity contribution in [3.8, 4) is 11.8 Å². The lowest BCUT2D eigenvalue weighted by atomic mass is 10.2. The summed E-state index contributed by atoms with van der Waals surface area (Å²) in [4.78, 5) is 14.6. The number of hydrogen-bond acceptors (Lipinski definition) is 4. The van der Waals surface area contributed by atoms with Crippen LogP contribution in [-0.2, 0) is 11.3 Å². The third-order valence-electron chi connectivity index (χ3n) is 3.02. The smallest absolute Gasteiger partial charge is 0.234 e. The molecule has 4 nitrogen and oxygen atoms in total. The highest BCUT2D eigenvalue weighted by Crippen LogP contribution is 2.23. The lowest BCUT2D eigenvalue weighted by Gasteiger charge is -2.20. The van der Waals surface area contributed by atoms with Crippen LogP contribution in [-0.4, -0.2) is 35.1 Å². The van der Waals surface area contributed by atoms with E-state index in [9.17, 15) is 4.79 Å². The lowest BCUT2D eigenvalue weighted by molar-refractivity contribution is -0.122. The number of nitrogens with zero attached hydrogens (tertiary/aromatic N) is 1. The number of thiophene rings is 1. The Labute approximate surface area is 110 Å². The van der Waals surface area contributed by atoms with Crippen LogP contribution in [0.3, 0.4) is 0 Å². The van der Waals surface area contributed by atoms with Crippen LogP contribution in [0, 0.1) is 11.8 Å². The largest absolute Gasteiger partial charge is 0.384 e. The minimum absolute atomic E-state index is 0.124. The van der Waals surface area contributed by atoms with Crippen molar-refractivity contribution in [1.82, 2.24) is 4.90 Å². The van der Waals surface area contributed by atoms with E-state index in [1.807, 2.05) is 11.4 Å². The maximum Gasteiger partial charge on any atom is 0.234 e. The topological polar surface area (TPSA) is 66.6 Å². The molecule has 2 heterocycles. The second-order valence-electron chi connectivity index (χ2n) is 4.29. The Kier molecular flexibility index (Phi) is 4.37. The van der Waals surface area contributed by atoms with E-state index in [0.717, 1.165) is 31.5 Å². The number of hydrogen-bond donors (Lipinski definition) is 2. The van der Waals surface area contributed by atoms with E-state index in [2.05, 4.69) is 16.7 Å². The van der Waals surface area contributed by atoms with Crippen LogP contribution >= 0.6 is 11.3 Å². The maximum atomic E-state index is 11.3. The number of rotatable bonds is 3. The van der Waals surface area contributed by atoms with Gasteiger partial charge < -0.3 is 10.8 Å². The molecule has 0 radical (unpaired) electrons. The summed E-state index contributed by atoms with van der Waals surface area (Å²) in [6.07, 6.45) is 1.88. The second-order valence-corrected chi connectivity index (χ2v) is 5.29. The molecular weight excluding hydrogens is 248 g/mol. The summed E-state index contributed by atoms with van der Waals surface area (Å²) >= 11 is 1.62. The van der Waals surface area contributed by atoms with Crippen molar-refractivity contribution in [3.05, 3.63) is 21.9 Å². The number of aliphatic hydroxyl groups is 1. The van der Waals surface area contributed by atoms with Gasteiger partial charge in [-0.25, -0.2) is 0 Å². The highest BCUT2D eigenvalue weighted by Gasteiger charge is 2.28. The Bertz CT molecular complexity index is 487. The molecule has 0 bridgehead atoms. The van der Waals surface area contributed by atoms with Gasteiger partial charge in [0.25, 0.3) is 0 Å². The summed E-state index contributed by atoms with van der Waals surface area (Å²) in [6.45, 7) is 1.54. The van der Waals surface area contributed by atoms with Gasteiger partial charge in [-0.3, -0.25) is 9.69 Å². The van der Waals surface area contributed by atoms with Gasteiger partial charge in [0, 0.05) is 22.4 Å². The van der Waals surface area contributed by atoms with Crippen LogP contribution in [0.4, 0.5) is 0 Å². The highest BCUT2D eigenvalue weighted by atomic mass is 32.1. The van der Waals surface area contributed by atoms with Crippen LogP contribution in [0.2, 0.25) is 0 Å². The van der Waals surface area contributed by atoms with Crippen LogP contribution in [0.15, 0.2) is 11.4 Å². The Morgan fingerprint density at radius 3 is 3.22 bits per heavy atom. The number of primary amides is 1. The Balaban J connectivity index is 2.01. The number of carbonyl (C=O) groups excluding carboxylic acids is 1. The summed E-state index contributed by atoms with van der Waals surface area (Å²) < 4.78 is 0. The van der Waals surface area contributed by atoms with Gasteiger partial charge in [0.05, 0.1) is 6.04 Å². The van der Waals surface area contributed by atoms with Crippen molar-refractivity contribution < 1.29 is 9.90 Å². The van der Waals surface area contributed by atoms with Crippen molar-refractivity contribution >= 4 is 17.2 Å². The molecule has 0 spiro atoms. The molecule has 1 aromatic rings. The van der Waals surface area contributed by atoms with Gasteiger partial charge in [0.1, 0.15) is 6.61 Å². The molecule has 5 heteroatoms. The third kappa shape index (κ3) is 3.10. The predicted molar refractivity (Wildman–Crippen MR) is 70.9 cm³/mol. The van der Waals surface area contributed by atoms with E-state index in [1.54, 1.807) is 11.3 Å². The van der Waals surface area contributed by atoms with Gasteiger partial charge in [0.15, 0.2) is 0 Å². The molecular formula is C13H16N2O2S. The summed E-state index contributed by atoms with van der Waals surface area (Å²) in [7, 11) is 0. The predicted octanol–water partition coefficient (Wildman–Crippen LogP) is 0.542. The van der Waals surface area contributed by atoms with Crippen molar-refractivity contribution in [2.75, 3.05) is 13.2 Å². The summed E-state index contributed by atoms with van der Waals surface area (Å²) in [6, 6.07) is 1.88.